The summed E-state index contributed by atoms with van der Waals surface area (Å²) >= 11 is 0. The van der Waals surface area contributed by atoms with E-state index < -0.39 is 9.84 Å². The van der Waals surface area contributed by atoms with Gasteiger partial charge in [0.2, 0.25) is 12.3 Å². The second-order valence-electron chi connectivity index (χ2n) is 2.90. The minimum absolute atomic E-state index is 0.0369. The Morgan fingerprint density at radius 1 is 1.62 bits per heavy atom. The Bertz CT molecular complexity index is 372. The highest BCUT2D eigenvalue weighted by Gasteiger charge is 2.28. The predicted molar refractivity (Wildman–Crippen MR) is 43.7 cm³/mol. The van der Waals surface area contributed by atoms with E-state index in [0.29, 0.717) is 12.4 Å². The molecule has 1 unspecified atom stereocenters. The topological polar surface area (TPSA) is 85.1 Å². The lowest BCUT2D eigenvalue weighted by molar-refractivity contribution is 0.412. The third-order valence-corrected chi connectivity index (χ3v) is 3.57. The average molecular weight is 203 g/mol. The lowest BCUT2D eigenvalue weighted by Crippen LogP contribution is -2.39. The van der Waals surface area contributed by atoms with Crippen molar-refractivity contribution in [2.24, 2.45) is 0 Å². The fourth-order valence-electron chi connectivity index (χ4n) is 1.28. The second-order valence-corrected chi connectivity index (χ2v) is 5.13. The molecule has 2 heterocycles. The molecule has 1 aromatic rings. The van der Waals surface area contributed by atoms with Gasteiger partial charge >= 0.3 is 0 Å². The largest absolute Gasteiger partial charge is 0.426 e. The van der Waals surface area contributed by atoms with Crippen LogP contribution in [0.3, 0.4) is 0 Å². The molecule has 7 heteroatoms. The van der Waals surface area contributed by atoms with Crippen molar-refractivity contribution in [2.45, 2.75) is 6.04 Å². The van der Waals surface area contributed by atoms with Crippen LogP contribution < -0.4 is 5.32 Å². The van der Waals surface area contributed by atoms with Gasteiger partial charge in [0, 0.05) is 6.54 Å². The van der Waals surface area contributed by atoms with E-state index in [4.69, 9.17) is 4.42 Å². The van der Waals surface area contributed by atoms with Gasteiger partial charge in [-0.3, -0.25) is 0 Å². The normalized spacial score (nSPS) is 27.2. The van der Waals surface area contributed by atoms with Gasteiger partial charge in [-0.1, -0.05) is 0 Å². The van der Waals surface area contributed by atoms with Crippen molar-refractivity contribution in [3.8, 4) is 0 Å². The van der Waals surface area contributed by atoms with Crippen molar-refractivity contribution in [3.05, 3.63) is 12.3 Å². The van der Waals surface area contributed by atoms with E-state index >= 15 is 0 Å². The van der Waals surface area contributed by atoms with Gasteiger partial charge in [-0.2, -0.15) is 0 Å². The van der Waals surface area contributed by atoms with Crippen LogP contribution in [0.15, 0.2) is 10.8 Å². The predicted octanol–water partition coefficient (Wildman–Crippen LogP) is -0.871. The van der Waals surface area contributed by atoms with Crippen molar-refractivity contribution >= 4 is 9.84 Å². The molecule has 72 valence electrons. The zero-order valence-corrected chi connectivity index (χ0v) is 7.62. The molecule has 0 radical (unpaired) electrons. The van der Waals surface area contributed by atoms with Crippen molar-refractivity contribution in [3.63, 3.8) is 0 Å². The van der Waals surface area contributed by atoms with Crippen molar-refractivity contribution in [2.75, 3.05) is 18.1 Å². The number of hydrogen-bond donors (Lipinski definition) is 1. The molecule has 0 saturated carbocycles. The van der Waals surface area contributed by atoms with Crippen LogP contribution in [0.25, 0.3) is 0 Å². The number of sulfone groups is 1. The molecule has 1 aromatic heterocycles. The number of hydrogen-bond acceptors (Lipinski definition) is 6. The van der Waals surface area contributed by atoms with Gasteiger partial charge in [0.15, 0.2) is 9.84 Å². The maximum Gasteiger partial charge on any atom is 0.234 e. The standard InChI is InChI=1S/C6H9N3O3S/c10-13(11)2-1-7-5(3-13)6-9-8-4-12-6/h4-5,7H,1-3H2. The fourth-order valence-corrected chi connectivity index (χ4v) is 2.64. The molecule has 1 atom stereocenters. The summed E-state index contributed by atoms with van der Waals surface area (Å²) in [5.74, 6) is 0.551. The molecule has 1 saturated heterocycles. The molecule has 1 aliphatic heterocycles. The Labute approximate surface area is 75.3 Å². The van der Waals surface area contributed by atoms with Crippen molar-refractivity contribution < 1.29 is 12.8 Å². The monoisotopic (exact) mass is 203 g/mol. The summed E-state index contributed by atoms with van der Waals surface area (Å²) in [7, 11) is -2.95. The summed E-state index contributed by atoms with van der Waals surface area (Å²) in [5, 5.41) is 10.2. The van der Waals surface area contributed by atoms with E-state index in [-0.39, 0.29) is 17.5 Å². The second kappa shape index (κ2) is 3.08. The molecule has 6 nitrogen and oxygen atoms in total. The molecule has 0 amide bonds. The first-order chi connectivity index (χ1) is 6.17. The van der Waals surface area contributed by atoms with Crippen LogP contribution >= 0.6 is 0 Å². The maximum absolute atomic E-state index is 11.2. The minimum Gasteiger partial charge on any atom is -0.426 e. The zero-order chi connectivity index (χ0) is 9.31. The van der Waals surface area contributed by atoms with Crippen LogP contribution in [-0.4, -0.2) is 36.7 Å². The van der Waals surface area contributed by atoms with E-state index in [1.807, 2.05) is 0 Å². The maximum atomic E-state index is 11.2. The zero-order valence-electron chi connectivity index (χ0n) is 6.80. The molecule has 0 aromatic carbocycles. The van der Waals surface area contributed by atoms with Gasteiger partial charge in [0.05, 0.1) is 11.5 Å². The third kappa shape index (κ3) is 1.86. The highest BCUT2D eigenvalue weighted by Crippen LogP contribution is 2.15. The molecule has 0 aliphatic carbocycles. The number of nitrogens with zero attached hydrogens (tertiary/aromatic N) is 2. The highest BCUT2D eigenvalue weighted by molar-refractivity contribution is 7.91. The minimum atomic E-state index is -2.95. The Kier molecular flexibility index (Phi) is 2.04. The van der Waals surface area contributed by atoms with Crippen LogP contribution in [0.5, 0.6) is 0 Å². The highest BCUT2D eigenvalue weighted by atomic mass is 32.2. The van der Waals surface area contributed by atoms with E-state index in [9.17, 15) is 8.42 Å². The molecular weight excluding hydrogens is 194 g/mol. The van der Waals surface area contributed by atoms with Crippen molar-refractivity contribution in [1.82, 2.24) is 15.5 Å². The summed E-state index contributed by atoms with van der Waals surface area (Å²) in [4.78, 5) is 0. The molecule has 1 N–H and O–H groups in total. The Hall–Kier alpha value is -0.950. The lowest BCUT2D eigenvalue weighted by atomic mass is 10.3. The van der Waals surface area contributed by atoms with E-state index in [1.165, 1.54) is 6.39 Å². The lowest BCUT2D eigenvalue weighted by Gasteiger charge is -2.20. The molecule has 1 fully saturated rings. The van der Waals surface area contributed by atoms with Crippen LogP contribution in [0.4, 0.5) is 0 Å². The summed E-state index contributed by atoms with van der Waals surface area (Å²) in [6.07, 6.45) is 1.19. The van der Waals surface area contributed by atoms with Crippen LogP contribution in [0, 0.1) is 0 Å². The van der Waals surface area contributed by atoms with Crippen molar-refractivity contribution in [1.29, 1.82) is 0 Å². The van der Waals surface area contributed by atoms with Crippen LogP contribution in [-0.2, 0) is 9.84 Å². The van der Waals surface area contributed by atoms with Gasteiger partial charge in [-0.25, -0.2) is 8.42 Å². The van der Waals surface area contributed by atoms with Gasteiger partial charge < -0.3 is 9.73 Å². The van der Waals surface area contributed by atoms with E-state index in [2.05, 4.69) is 15.5 Å². The molecule has 0 bridgehead atoms. The summed E-state index contributed by atoms with van der Waals surface area (Å²) in [5.41, 5.74) is 0. The van der Waals surface area contributed by atoms with E-state index in [1.54, 1.807) is 0 Å². The Morgan fingerprint density at radius 2 is 2.46 bits per heavy atom. The SMILES string of the molecule is O=S1(=O)CCNC(c2nnco2)C1. The summed E-state index contributed by atoms with van der Waals surface area (Å²) in [6.45, 7) is 0.440. The quantitative estimate of drug-likeness (QED) is 0.638. The van der Waals surface area contributed by atoms with Crippen LogP contribution in [0.1, 0.15) is 11.9 Å². The number of rotatable bonds is 1. The number of nitrogens with one attached hydrogen (secondary N) is 1. The van der Waals surface area contributed by atoms with Gasteiger partial charge in [-0.05, 0) is 0 Å². The van der Waals surface area contributed by atoms with Gasteiger partial charge in [0.1, 0.15) is 6.04 Å². The molecular formula is C6H9N3O3S. The van der Waals surface area contributed by atoms with E-state index in [0.717, 1.165) is 0 Å². The molecule has 13 heavy (non-hydrogen) atoms. The van der Waals surface area contributed by atoms with Crippen LogP contribution in [0.2, 0.25) is 0 Å². The van der Waals surface area contributed by atoms with Gasteiger partial charge in [0.25, 0.3) is 0 Å². The summed E-state index contributed by atoms with van der Waals surface area (Å²) in [6, 6.07) is -0.346. The average Bonchev–Trinajstić information content (AvgIpc) is 2.53. The Balaban J connectivity index is 2.18. The molecule has 1 aliphatic rings. The fraction of sp³-hybridized carbons (Fsp3) is 0.667. The number of aromatic nitrogens is 2. The van der Waals surface area contributed by atoms with Gasteiger partial charge in [-0.15, -0.1) is 10.2 Å². The molecule has 0 spiro atoms. The Morgan fingerprint density at radius 3 is 3.08 bits per heavy atom. The molecule has 2 rings (SSSR count). The first kappa shape index (κ1) is 8.64. The third-order valence-electron chi connectivity index (χ3n) is 1.90. The smallest absolute Gasteiger partial charge is 0.234 e. The first-order valence-corrected chi connectivity index (χ1v) is 5.69. The summed E-state index contributed by atoms with van der Waals surface area (Å²) < 4.78 is 27.4. The first-order valence-electron chi connectivity index (χ1n) is 3.87.